The molecule has 0 atom stereocenters. The van der Waals surface area contributed by atoms with Crippen molar-refractivity contribution in [2.75, 3.05) is 49.1 Å². The van der Waals surface area contributed by atoms with Gasteiger partial charge in [-0.1, -0.05) is 0 Å². The maximum Gasteiger partial charge on any atom is 0.203 e. The second-order valence-corrected chi connectivity index (χ2v) is 10.6. The molecule has 0 unspecified atom stereocenters. The van der Waals surface area contributed by atoms with Gasteiger partial charge in [-0.2, -0.15) is 0 Å². The number of fused-ring (bicyclic) bond motifs is 2. The van der Waals surface area contributed by atoms with E-state index in [1.54, 1.807) is 0 Å². The highest BCUT2D eigenvalue weighted by Gasteiger charge is 2.25. The number of anilines is 2. The van der Waals surface area contributed by atoms with E-state index in [4.69, 9.17) is 4.42 Å². The Morgan fingerprint density at radius 1 is 0.641 bits per heavy atom. The van der Waals surface area contributed by atoms with E-state index in [-0.39, 0.29) is 0 Å². The molecule has 1 aliphatic heterocycles. The van der Waals surface area contributed by atoms with Crippen LogP contribution in [0.3, 0.4) is 0 Å². The van der Waals surface area contributed by atoms with Crippen LogP contribution in [0.1, 0.15) is 63.8 Å². The van der Waals surface area contributed by atoms with Crippen LogP contribution in [-0.4, -0.2) is 39.3 Å². The molecule has 1 aliphatic carbocycles. The van der Waals surface area contributed by atoms with E-state index in [9.17, 15) is 0 Å². The molecule has 2 aliphatic rings. The molecule has 4 heteroatoms. The molecule has 0 spiro atoms. The van der Waals surface area contributed by atoms with Gasteiger partial charge in [-0.3, -0.25) is 0 Å². The summed E-state index contributed by atoms with van der Waals surface area (Å²) in [4.78, 5) is 4.88. The van der Waals surface area contributed by atoms with Gasteiger partial charge in [-0.15, -0.1) is 0 Å². The molecule has 0 aromatic heterocycles. The van der Waals surface area contributed by atoms with E-state index >= 15 is 0 Å². The molecule has 0 fully saturated rings. The molecule has 4 nitrogen and oxygen atoms in total. The minimum atomic E-state index is 0.945. The summed E-state index contributed by atoms with van der Waals surface area (Å²) >= 11 is 0. The van der Waals surface area contributed by atoms with Crippen molar-refractivity contribution in [2.45, 2.75) is 69.2 Å². The first-order valence-corrected chi connectivity index (χ1v) is 14.9. The maximum absolute atomic E-state index is 6.74. The molecule has 39 heavy (non-hydrogen) atoms. The monoisotopic (exact) mass is 526 g/mol. The molecule has 4 rings (SSSR count). The lowest BCUT2D eigenvalue weighted by Crippen LogP contribution is -2.29. The lowest BCUT2D eigenvalue weighted by atomic mass is 9.83. The van der Waals surface area contributed by atoms with Crippen molar-refractivity contribution in [3.05, 3.63) is 64.0 Å². The van der Waals surface area contributed by atoms with Gasteiger partial charge >= 0.3 is 0 Å². The average Bonchev–Trinajstić information content (AvgIpc) is 2.95. The van der Waals surface area contributed by atoms with E-state index in [0.29, 0.717) is 0 Å². The van der Waals surface area contributed by atoms with E-state index in [2.05, 4.69) is 120 Å². The summed E-state index contributed by atoms with van der Waals surface area (Å²) in [5, 5.41) is 2.38. The lowest BCUT2D eigenvalue weighted by Gasteiger charge is -2.30. The van der Waals surface area contributed by atoms with Gasteiger partial charge in [0.1, 0.15) is 24.4 Å². The highest BCUT2D eigenvalue weighted by Crippen LogP contribution is 2.46. The number of hydrogen-bond acceptors (Lipinski definition) is 3. The number of hydrogen-bond donors (Lipinski definition) is 0. The lowest BCUT2D eigenvalue weighted by molar-refractivity contribution is 0.604. The Kier molecular flexibility index (Phi) is 8.73. The van der Waals surface area contributed by atoms with Crippen LogP contribution < -0.4 is 19.7 Å². The zero-order valence-electron chi connectivity index (χ0n) is 26.0. The first kappa shape index (κ1) is 28.7. The topological polar surface area (TPSA) is 22.6 Å². The van der Waals surface area contributed by atoms with Crippen molar-refractivity contribution >= 4 is 22.3 Å². The van der Waals surface area contributed by atoms with E-state index < -0.39 is 0 Å². The molecular weight excluding hydrogens is 478 g/mol. The standard InChI is InChI=1S/C35H48N3O/c1-11-36(12-2)27-17-19-29-31(21-27)39-32-22-28(37(13-3)14-4)18-20-30(32)34(29)33-23(7)25(9)35(26(10)24(33)8)38(15-5)16-6/h17-22H,11-16H2,1-10H3/q+1. The molecule has 0 saturated heterocycles. The quantitative estimate of drug-likeness (QED) is 0.163. The highest BCUT2D eigenvalue weighted by molar-refractivity contribution is 6.04. The SMILES string of the molecule is CCN(CC)c1ccc2c(-c3c(C)c(C)c(N(CC)CC)c(C)c3C)c3ccc(=[N+](CC)CC)cc-3oc2c1. The summed E-state index contributed by atoms with van der Waals surface area (Å²) in [7, 11) is 0. The number of benzene rings is 3. The fourth-order valence-electron chi connectivity index (χ4n) is 6.39. The summed E-state index contributed by atoms with van der Waals surface area (Å²) in [5.41, 5.74) is 12.8. The summed E-state index contributed by atoms with van der Waals surface area (Å²) in [5.74, 6) is 0.945. The predicted octanol–water partition coefficient (Wildman–Crippen LogP) is 7.94. The number of rotatable bonds is 9. The minimum Gasteiger partial charge on any atom is -0.456 e. The van der Waals surface area contributed by atoms with Gasteiger partial charge in [0.25, 0.3) is 0 Å². The third-order valence-corrected chi connectivity index (χ3v) is 8.86. The van der Waals surface area contributed by atoms with Gasteiger partial charge in [-0.05, 0) is 115 Å². The Hall–Kier alpha value is -3.27. The maximum atomic E-state index is 6.74. The Labute approximate surface area is 235 Å². The zero-order valence-corrected chi connectivity index (χ0v) is 26.0. The Balaban J connectivity index is 2.17. The Bertz CT molecular complexity index is 1480. The molecule has 2 aromatic carbocycles. The van der Waals surface area contributed by atoms with Crippen molar-refractivity contribution in [1.82, 2.24) is 4.58 Å². The zero-order chi connectivity index (χ0) is 28.4. The van der Waals surface area contributed by atoms with Crippen molar-refractivity contribution in [2.24, 2.45) is 0 Å². The molecular formula is C35H48N3O+. The minimum absolute atomic E-state index is 0.945. The molecule has 2 aromatic rings. The predicted molar refractivity (Wildman–Crippen MR) is 171 cm³/mol. The smallest absolute Gasteiger partial charge is 0.203 e. The van der Waals surface area contributed by atoms with E-state index in [1.807, 2.05) is 0 Å². The summed E-state index contributed by atoms with van der Waals surface area (Å²) in [6.07, 6.45) is 0. The van der Waals surface area contributed by atoms with Crippen LogP contribution in [0.4, 0.5) is 11.4 Å². The summed E-state index contributed by atoms with van der Waals surface area (Å²) in [6, 6.07) is 13.6. The van der Waals surface area contributed by atoms with Gasteiger partial charge in [-0.25, -0.2) is 4.58 Å². The molecule has 0 saturated carbocycles. The van der Waals surface area contributed by atoms with Gasteiger partial charge < -0.3 is 14.2 Å². The fraction of sp³-hybridized carbons (Fsp3) is 0.457. The molecule has 0 N–H and O–H groups in total. The first-order valence-electron chi connectivity index (χ1n) is 14.9. The van der Waals surface area contributed by atoms with Crippen LogP contribution in [-0.2, 0) is 0 Å². The fourth-order valence-corrected chi connectivity index (χ4v) is 6.39. The van der Waals surface area contributed by atoms with Gasteiger partial charge in [0.2, 0.25) is 5.36 Å². The normalized spacial score (nSPS) is 11.4. The first-order chi connectivity index (χ1) is 18.8. The van der Waals surface area contributed by atoms with Gasteiger partial charge in [0.15, 0.2) is 0 Å². The van der Waals surface area contributed by atoms with Crippen LogP contribution in [0.2, 0.25) is 0 Å². The van der Waals surface area contributed by atoms with Crippen LogP contribution in [0.15, 0.2) is 40.8 Å². The van der Waals surface area contributed by atoms with Crippen molar-refractivity contribution in [1.29, 1.82) is 0 Å². The largest absolute Gasteiger partial charge is 0.456 e. The Morgan fingerprint density at radius 2 is 1.23 bits per heavy atom. The van der Waals surface area contributed by atoms with Crippen LogP contribution >= 0.6 is 0 Å². The summed E-state index contributed by atoms with van der Waals surface area (Å²) < 4.78 is 9.13. The molecule has 1 heterocycles. The van der Waals surface area contributed by atoms with Crippen LogP contribution in [0, 0.1) is 27.7 Å². The van der Waals surface area contributed by atoms with Crippen molar-refractivity contribution < 1.29 is 4.42 Å². The van der Waals surface area contributed by atoms with Crippen LogP contribution in [0.5, 0.6) is 0 Å². The second kappa shape index (κ2) is 11.9. The van der Waals surface area contributed by atoms with Gasteiger partial charge in [0, 0.05) is 66.2 Å². The number of nitrogens with zero attached hydrogens (tertiary/aromatic N) is 3. The molecule has 208 valence electrons. The third-order valence-electron chi connectivity index (χ3n) is 8.86. The van der Waals surface area contributed by atoms with Crippen molar-refractivity contribution in [3.63, 3.8) is 0 Å². The summed E-state index contributed by atoms with van der Waals surface area (Å²) in [6.45, 7) is 28.5. The molecule has 0 bridgehead atoms. The van der Waals surface area contributed by atoms with E-state index in [0.717, 1.165) is 50.6 Å². The van der Waals surface area contributed by atoms with Crippen LogP contribution in [0.25, 0.3) is 33.4 Å². The highest BCUT2D eigenvalue weighted by atomic mass is 16.3. The molecule has 0 radical (unpaired) electrons. The second-order valence-electron chi connectivity index (χ2n) is 10.6. The van der Waals surface area contributed by atoms with E-state index in [1.165, 1.54) is 61.1 Å². The molecule has 0 amide bonds. The van der Waals surface area contributed by atoms with Gasteiger partial charge in [0.05, 0.1) is 6.07 Å². The Morgan fingerprint density at radius 3 is 1.77 bits per heavy atom. The third kappa shape index (κ3) is 4.95. The average molecular weight is 527 g/mol. The van der Waals surface area contributed by atoms with Crippen molar-refractivity contribution in [3.8, 4) is 22.5 Å².